The Morgan fingerprint density at radius 2 is 1.95 bits per heavy atom. The van der Waals surface area contributed by atoms with Crippen molar-refractivity contribution in [2.24, 2.45) is 4.99 Å². The van der Waals surface area contributed by atoms with E-state index in [0.29, 0.717) is 6.54 Å². The molecule has 1 heterocycles. The number of guanidine groups is 1. The molecule has 0 bridgehead atoms. The molecule has 1 fully saturated rings. The van der Waals surface area contributed by atoms with E-state index >= 15 is 0 Å². The Bertz CT molecular complexity index is 441. The number of morpholine rings is 1. The minimum atomic E-state index is 0.713. The first-order chi connectivity index (χ1) is 10.8. The van der Waals surface area contributed by atoms with Crippen molar-refractivity contribution in [3.8, 4) is 0 Å². The summed E-state index contributed by atoms with van der Waals surface area (Å²) in [5.41, 5.74) is 1.23. The molecule has 5 nitrogen and oxygen atoms in total. The van der Waals surface area contributed by atoms with E-state index in [1.165, 1.54) is 5.56 Å². The number of hydrogen-bond donors (Lipinski definition) is 1. The molecule has 0 radical (unpaired) electrons. The van der Waals surface area contributed by atoms with Crippen LogP contribution in [-0.4, -0.2) is 69.2 Å². The van der Waals surface area contributed by atoms with Gasteiger partial charge in [0.25, 0.3) is 0 Å². The Kier molecular flexibility index (Phi) is 7.19. The minimum Gasteiger partial charge on any atom is -0.379 e. The second kappa shape index (κ2) is 9.43. The lowest BCUT2D eigenvalue weighted by Gasteiger charge is -2.26. The smallest absolute Gasteiger partial charge is 0.193 e. The van der Waals surface area contributed by atoms with E-state index in [0.717, 1.165) is 51.8 Å². The fourth-order valence-electron chi connectivity index (χ4n) is 2.43. The van der Waals surface area contributed by atoms with Crippen LogP contribution in [0.1, 0.15) is 12.0 Å². The van der Waals surface area contributed by atoms with Crippen molar-refractivity contribution in [1.29, 1.82) is 0 Å². The summed E-state index contributed by atoms with van der Waals surface area (Å²) in [6.45, 7) is 6.64. The average Bonchev–Trinajstić information content (AvgIpc) is 2.55. The molecule has 5 heteroatoms. The van der Waals surface area contributed by atoms with Crippen molar-refractivity contribution >= 4 is 5.96 Å². The third kappa shape index (κ3) is 6.03. The number of nitrogens with zero attached hydrogens (tertiary/aromatic N) is 3. The maximum absolute atomic E-state index is 5.37. The van der Waals surface area contributed by atoms with Crippen molar-refractivity contribution in [1.82, 2.24) is 15.1 Å². The Morgan fingerprint density at radius 1 is 1.23 bits per heavy atom. The van der Waals surface area contributed by atoms with Gasteiger partial charge in [0.05, 0.1) is 19.8 Å². The van der Waals surface area contributed by atoms with E-state index in [2.05, 4.69) is 39.5 Å². The van der Waals surface area contributed by atoms with E-state index in [4.69, 9.17) is 4.74 Å². The molecule has 0 spiro atoms. The molecule has 0 saturated carbocycles. The van der Waals surface area contributed by atoms with E-state index in [-0.39, 0.29) is 0 Å². The van der Waals surface area contributed by atoms with Crippen LogP contribution in [0.2, 0.25) is 0 Å². The quantitative estimate of drug-likeness (QED) is 0.490. The predicted octanol–water partition coefficient (Wildman–Crippen LogP) is 1.42. The van der Waals surface area contributed by atoms with Crippen LogP contribution in [0.15, 0.2) is 35.3 Å². The van der Waals surface area contributed by atoms with Gasteiger partial charge >= 0.3 is 0 Å². The summed E-state index contributed by atoms with van der Waals surface area (Å²) in [6, 6.07) is 10.3. The van der Waals surface area contributed by atoms with Gasteiger partial charge in [-0.25, -0.2) is 4.99 Å². The van der Waals surface area contributed by atoms with E-state index in [1.54, 1.807) is 0 Å². The van der Waals surface area contributed by atoms with Gasteiger partial charge in [0, 0.05) is 33.7 Å². The lowest BCUT2D eigenvalue weighted by atomic mass is 10.2. The fraction of sp³-hybridized carbons (Fsp3) is 0.588. The van der Waals surface area contributed by atoms with Crippen molar-refractivity contribution in [3.63, 3.8) is 0 Å². The lowest BCUT2D eigenvalue weighted by molar-refractivity contribution is 0.0376. The van der Waals surface area contributed by atoms with Gasteiger partial charge < -0.3 is 15.0 Å². The van der Waals surface area contributed by atoms with Crippen LogP contribution in [0.4, 0.5) is 0 Å². The van der Waals surface area contributed by atoms with Gasteiger partial charge in [0.15, 0.2) is 5.96 Å². The van der Waals surface area contributed by atoms with Gasteiger partial charge in [0.2, 0.25) is 0 Å². The predicted molar refractivity (Wildman–Crippen MR) is 91.1 cm³/mol. The highest BCUT2D eigenvalue weighted by Crippen LogP contribution is 2.01. The standard InChI is InChI=1S/C17H28N4O/c1-20(2)17(19-15-16-7-4-3-5-8-16)18-9-6-10-21-11-13-22-14-12-21/h3-5,7-8H,6,9-15H2,1-2H3,(H,18,19). The molecule has 0 atom stereocenters. The third-order valence-corrected chi connectivity index (χ3v) is 3.72. The molecule has 0 unspecified atom stereocenters. The molecular weight excluding hydrogens is 276 g/mol. The van der Waals surface area contributed by atoms with Crippen LogP contribution in [0, 0.1) is 0 Å². The zero-order valence-electron chi connectivity index (χ0n) is 13.8. The fourth-order valence-corrected chi connectivity index (χ4v) is 2.43. The second-order valence-corrected chi connectivity index (χ2v) is 5.75. The molecule has 1 aliphatic rings. The third-order valence-electron chi connectivity index (χ3n) is 3.72. The molecule has 0 amide bonds. The van der Waals surface area contributed by atoms with Crippen molar-refractivity contribution < 1.29 is 4.74 Å². The van der Waals surface area contributed by atoms with Gasteiger partial charge in [-0.3, -0.25) is 4.90 Å². The van der Waals surface area contributed by atoms with Gasteiger partial charge in [0.1, 0.15) is 0 Å². The first kappa shape index (κ1) is 16.8. The SMILES string of the molecule is CN(C)C(=NCc1ccccc1)NCCCN1CCOCC1. The first-order valence-electron chi connectivity index (χ1n) is 8.05. The number of nitrogens with one attached hydrogen (secondary N) is 1. The maximum Gasteiger partial charge on any atom is 0.193 e. The van der Waals surface area contributed by atoms with Gasteiger partial charge in [-0.1, -0.05) is 30.3 Å². The van der Waals surface area contributed by atoms with E-state index in [9.17, 15) is 0 Å². The first-order valence-corrected chi connectivity index (χ1v) is 8.05. The van der Waals surface area contributed by atoms with E-state index < -0.39 is 0 Å². The Morgan fingerprint density at radius 3 is 2.64 bits per heavy atom. The number of aliphatic imine (C=N–C) groups is 1. The zero-order valence-corrected chi connectivity index (χ0v) is 13.8. The van der Waals surface area contributed by atoms with Crippen LogP contribution >= 0.6 is 0 Å². The van der Waals surface area contributed by atoms with E-state index in [1.807, 2.05) is 25.1 Å². The van der Waals surface area contributed by atoms with Gasteiger partial charge in [-0.15, -0.1) is 0 Å². The molecule has 22 heavy (non-hydrogen) atoms. The number of ether oxygens (including phenoxy) is 1. The summed E-state index contributed by atoms with van der Waals surface area (Å²) in [7, 11) is 4.05. The molecule has 1 aromatic rings. The van der Waals surface area contributed by atoms with Crippen molar-refractivity contribution in [2.75, 3.05) is 53.5 Å². The summed E-state index contributed by atoms with van der Waals surface area (Å²) >= 11 is 0. The molecule has 1 N–H and O–H groups in total. The van der Waals surface area contributed by atoms with Crippen molar-refractivity contribution in [3.05, 3.63) is 35.9 Å². The topological polar surface area (TPSA) is 40.1 Å². The summed E-state index contributed by atoms with van der Waals surface area (Å²) < 4.78 is 5.37. The zero-order chi connectivity index (χ0) is 15.6. The minimum absolute atomic E-state index is 0.713. The van der Waals surface area contributed by atoms with Crippen LogP contribution in [0.25, 0.3) is 0 Å². The number of rotatable bonds is 6. The Hall–Kier alpha value is -1.59. The molecular formula is C17H28N4O. The Balaban J connectivity index is 1.71. The summed E-state index contributed by atoms with van der Waals surface area (Å²) in [5.74, 6) is 0.950. The highest BCUT2D eigenvalue weighted by atomic mass is 16.5. The van der Waals surface area contributed by atoms with Gasteiger partial charge in [-0.2, -0.15) is 0 Å². The van der Waals surface area contributed by atoms with Gasteiger partial charge in [-0.05, 0) is 18.5 Å². The summed E-state index contributed by atoms with van der Waals surface area (Å²) in [4.78, 5) is 9.17. The van der Waals surface area contributed by atoms with Crippen LogP contribution < -0.4 is 5.32 Å². The molecule has 122 valence electrons. The van der Waals surface area contributed by atoms with Crippen LogP contribution in [-0.2, 0) is 11.3 Å². The molecule has 0 aliphatic carbocycles. The highest BCUT2D eigenvalue weighted by Gasteiger charge is 2.09. The lowest BCUT2D eigenvalue weighted by Crippen LogP contribution is -2.40. The molecule has 0 aromatic heterocycles. The average molecular weight is 304 g/mol. The number of benzene rings is 1. The van der Waals surface area contributed by atoms with Crippen LogP contribution in [0.3, 0.4) is 0 Å². The second-order valence-electron chi connectivity index (χ2n) is 5.75. The summed E-state index contributed by atoms with van der Waals surface area (Å²) in [6.07, 6.45) is 1.12. The van der Waals surface area contributed by atoms with Crippen LogP contribution in [0.5, 0.6) is 0 Å². The van der Waals surface area contributed by atoms with Crippen molar-refractivity contribution in [2.45, 2.75) is 13.0 Å². The number of hydrogen-bond acceptors (Lipinski definition) is 3. The largest absolute Gasteiger partial charge is 0.379 e. The molecule has 1 aliphatic heterocycles. The highest BCUT2D eigenvalue weighted by molar-refractivity contribution is 5.79. The normalized spacial score (nSPS) is 16.5. The Labute approximate surface area is 134 Å². The monoisotopic (exact) mass is 304 g/mol. The summed E-state index contributed by atoms with van der Waals surface area (Å²) in [5, 5.41) is 3.45. The molecule has 1 aromatic carbocycles. The molecule has 2 rings (SSSR count). The maximum atomic E-state index is 5.37. The molecule has 1 saturated heterocycles.